The molecule has 16 heteroatoms. The molecule has 13 nitrogen and oxygen atoms in total. The number of nitrogens with one attached hydrogen (secondary N) is 2. The number of aliphatic hydroxyl groups is 1. The van der Waals surface area contributed by atoms with Crippen molar-refractivity contribution in [3.8, 4) is 0 Å². The Bertz CT molecular complexity index is 1390. The zero-order valence-corrected chi connectivity index (χ0v) is 23.5. The van der Waals surface area contributed by atoms with E-state index < -0.39 is 62.2 Å². The van der Waals surface area contributed by atoms with Gasteiger partial charge in [-0.3, -0.25) is 23.6 Å². The average Bonchev–Trinajstić information content (AvgIpc) is 3.43. The molecule has 2 aliphatic rings. The van der Waals surface area contributed by atoms with Gasteiger partial charge in [0.1, 0.15) is 18.0 Å². The van der Waals surface area contributed by atoms with Crippen LogP contribution in [0.15, 0.2) is 41.3 Å². The lowest BCUT2D eigenvalue weighted by atomic mass is 10.1. The molecule has 1 aromatic heterocycles. The number of aromatic nitrogens is 2. The van der Waals surface area contributed by atoms with Gasteiger partial charge in [0.15, 0.2) is 6.10 Å². The lowest BCUT2D eigenvalue weighted by Crippen LogP contribution is -2.42. The van der Waals surface area contributed by atoms with Crippen molar-refractivity contribution in [3.05, 3.63) is 52.6 Å². The molecular weight excluding hydrogens is 567 g/mol. The molecule has 3 heterocycles. The highest BCUT2D eigenvalue weighted by atomic mass is 31.2. The number of carboxylic acid groups (broad SMARTS) is 1. The molecule has 1 aromatic carbocycles. The Kier molecular flexibility index (Phi) is 9.07. The predicted octanol–water partition coefficient (Wildman–Crippen LogP) is 1.08. The standard InChI is InChI=1S/C25H32F2N5O8P/c1-14-6-8-16(9-7-14)41(38,30-15(2)22(35)36)39-13-18-20(33)25(26,27)23(40-18)32-12-10-19(29-24(32)37)28-21(34)17-5-4-11-31(17)3/h6-10,12,15,17-18,20,23,33H,4-5,11,13H2,1-3H3,(H,30,38)(H,35,36)(H,28,29,34,37)/t15-,17-,18+,20+,23?,41?/m0/s1. The van der Waals surface area contributed by atoms with Crippen LogP contribution >= 0.6 is 7.52 Å². The minimum atomic E-state index is -4.15. The van der Waals surface area contributed by atoms with E-state index in [1.807, 2.05) is 4.90 Å². The van der Waals surface area contributed by atoms with Crippen molar-refractivity contribution >= 4 is 30.5 Å². The number of ether oxygens (including phenoxy) is 1. The summed E-state index contributed by atoms with van der Waals surface area (Å²) >= 11 is 0. The number of carbonyl (C=O) groups excluding carboxylic acids is 1. The van der Waals surface area contributed by atoms with Crippen LogP contribution in [0, 0.1) is 6.92 Å². The molecular formula is C25H32F2N5O8P. The Hall–Kier alpha value is -3.07. The van der Waals surface area contributed by atoms with Gasteiger partial charge >= 0.3 is 25.1 Å². The Labute approximate surface area is 234 Å². The van der Waals surface area contributed by atoms with Gasteiger partial charge in [0.05, 0.1) is 18.0 Å². The van der Waals surface area contributed by atoms with Gasteiger partial charge in [-0.05, 0) is 58.5 Å². The third-order valence-corrected chi connectivity index (χ3v) is 9.28. The SMILES string of the molecule is Cc1ccc(P(=O)(N[C@@H](C)C(=O)O)OC[C@H]2OC(n3ccc(NC(=O)[C@@H]4CCCN4C)nc3=O)C(F)(F)[C@@H]2O)cc1. The summed E-state index contributed by atoms with van der Waals surface area (Å²) in [5, 5.41) is 24.6. The van der Waals surface area contributed by atoms with Crippen LogP contribution in [-0.2, 0) is 23.4 Å². The number of benzene rings is 1. The molecule has 0 bridgehead atoms. The van der Waals surface area contributed by atoms with E-state index in [-0.39, 0.29) is 17.0 Å². The Balaban J connectivity index is 1.50. The quantitative estimate of drug-likeness (QED) is 0.288. The Morgan fingerprint density at radius 2 is 1.98 bits per heavy atom. The summed E-state index contributed by atoms with van der Waals surface area (Å²) in [4.78, 5) is 42.1. The molecule has 0 aliphatic carbocycles. The number of hydrogen-bond donors (Lipinski definition) is 4. The van der Waals surface area contributed by atoms with E-state index in [9.17, 15) is 29.2 Å². The van der Waals surface area contributed by atoms with Gasteiger partial charge in [0.25, 0.3) is 0 Å². The highest BCUT2D eigenvalue weighted by molar-refractivity contribution is 7.65. The molecule has 6 atom stereocenters. The van der Waals surface area contributed by atoms with Crippen LogP contribution in [-0.4, -0.2) is 87.0 Å². The first-order valence-corrected chi connectivity index (χ1v) is 14.5. The summed E-state index contributed by atoms with van der Waals surface area (Å²) in [5.41, 5.74) is -0.345. The second-order valence-corrected chi connectivity index (χ2v) is 12.3. The molecule has 2 aliphatic heterocycles. The lowest BCUT2D eigenvalue weighted by Gasteiger charge is -2.24. The molecule has 0 radical (unpaired) electrons. The smallest absolute Gasteiger partial charge is 0.351 e. The van der Waals surface area contributed by atoms with Crippen molar-refractivity contribution in [2.75, 3.05) is 25.5 Å². The first-order chi connectivity index (χ1) is 19.2. The number of carbonyl (C=O) groups is 2. The number of anilines is 1. The molecule has 4 N–H and O–H groups in total. The first-order valence-electron chi connectivity index (χ1n) is 12.9. The molecule has 2 aromatic rings. The highest BCUT2D eigenvalue weighted by Gasteiger charge is 2.60. The van der Waals surface area contributed by atoms with Gasteiger partial charge in [-0.25, -0.2) is 9.88 Å². The molecule has 4 rings (SSSR count). The predicted molar refractivity (Wildman–Crippen MR) is 142 cm³/mol. The van der Waals surface area contributed by atoms with Crippen LogP contribution in [0.25, 0.3) is 0 Å². The van der Waals surface area contributed by atoms with Gasteiger partial charge in [-0.15, -0.1) is 0 Å². The lowest BCUT2D eigenvalue weighted by molar-refractivity contribution is -0.141. The van der Waals surface area contributed by atoms with Crippen LogP contribution in [0.5, 0.6) is 0 Å². The second kappa shape index (κ2) is 12.0. The largest absolute Gasteiger partial charge is 0.480 e. The van der Waals surface area contributed by atoms with Crippen molar-refractivity contribution in [1.82, 2.24) is 19.5 Å². The first kappa shape index (κ1) is 30.9. The van der Waals surface area contributed by atoms with Crippen molar-refractivity contribution in [3.63, 3.8) is 0 Å². The van der Waals surface area contributed by atoms with Gasteiger partial charge in [0, 0.05) is 6.20 Å². The summed E-state index contributed by atoms with van der Waals surface area (Å²) in [5.74, 6) is -5.83. The van der Waals surface area contributed by atoms with Gasteiger partial charge < -0.3 is 24.8 Å². The zero-order chi connectivity index (χ0) is 30.1. The van der Waals surface area contributed by atoms with E-state index in [4.69, 9.17) is 9.26 Å². The van der Waals surface area contributed by atoms with E-state index in [0.29, 0.717) is 11.0 Å². The van der Waals surface area contributed by atoms with Crippen LogP contribution in [0.2, 0.25) is 0 Å². The van der Waals surface area contributed by atoms with E-state index in [1.165, 1.54) is 19.1 Å². The summed E-state index contributed by atoms with van der Waals surface area (Å²) in [6.07, 6.45) is -4.09. The van der Waals surface area contributed by atoms with Crippen LogP contribution in [0.1, 0.15) is 31.6 Å². The fourth-order valence-electron chi connectivity index (χ4n) is 4.63. The fraction of sp³-hybridized carbons (Fsp3) is 0.520. The number of aliphatic carboxylic acids is 1. The topological polar surface area (TPSA) is 172 Å². The molecule has 1 amide bonds. The number of carboxylic acids is 1. The van der Waals surface area contributed by atoms with Crippen LogP contribution < -0.4 is 21.4 Å². The number of likely N-dealkylation sites (N-methyl/N-ethyl adjacent to an activating group) is 1. The van der Waals surface area contributed by atoms with Crippen molar-refractivity contribution in [1.29, 1.82) is 0 Å². The Morgan fingerprint density at radius 1 is 1.29 bits per heavy atom. The average molecular weight is 600 g/mol. The number of likely N-dealkylation sites (tertiary alicyclic amines) is 1. The Morgan fingerprint density at radius 3 is 2.56 bits per heavy atom. The number of amides is 1. The van der Waals surface area contributed by atoms with Crippen molar-refractivity contribution < 1.29 is 42.4 Å². The number of nitrogens with zero attached hydrogens (tertiary/aromatic N) is 3. The van der Waals surface area contributed by atoms with E-state index >= 15 is 8.78 Å². The van der Waals surface area contributed by atoms with Crippen LogP contribution in [0.4, 0.5) is 14.6 Å². The zero-order valence-electron chi connectivity index (χ0n) is 22.6. The summed E-state index contributed by atoms with van der Waals surface area (Å²) in [6, 6.07) is 5.54. The maximum absolute atomic E-state index is 15.1. The van der Waals surface area contributed by atoms with Gasteiger partial charge in [-0.1, -0.05) is 17.7 Å². The van der Waals surface area contributed by atoms with Crippen molar-refractivity contribution in [2.24, 2.45) is 0 Å². The number of aryl methyl sites for hydroxylation is 1. The van der Waals surface area contributed by atoms with Gasteiger partial charge in [-0.2, -0.15) is 13.8 Å². The fourth-order valence-corrected chi connectivity index (χ4v) is 6.53. The number of rotatable bonds is 10. The number of hydrogen-bond acceptors (Lipinski definition) is 9. The second-order valence-electron chi connectivity index (χ2n) is 10.1. The number of aliphatic hydroxyl groups excluding tert-OH is 1. The number of alkyl halides is 2. The normalized spacial score (nSPS) is 26.4. The molecule has 2 unspecified atom stereocenters. The molecule has 224 valence electrons. The molecule has 2 saturated heterocycles. The monoisotopic (exact) mass is 599 g/mol. The molecule has 0 spiro atoms. The summed E-state index contributed by atoms with van der Waals surface area (Å²) in [6.45, 7) is 2.92. The van der Waals surface area contributed by atoms with E-state index in [2.05, 4.69) is 15.4 Å². The van der Waals surface area contributed by atoms with E-state index in [1.54, 1.807) is 26.1 Å². The molecule has 0 saturated carbocycles. The van der Waals surface area contributed by atoms with Gasteiger partial charge in [0.2, 0.25) is 12.1 Å². The van der Waals surface area contributed by atoms with E-state index in [0.717, 1.165) is 30.8 Å². The molecule has 2 fully saturated rings. The summed E-state index contributed by atoms with van der Waals surface area (Å²) < 4.78 is 55.2. The third kappa shape index (κ3) is 6.55. The maximum Gasteiger partial charge on any atom is 0.351 e. The van der Waals surface area contributed by atoms with Crippen LogP contribution in [0.3, 0.4) is 0 Å². The minimum absolute atomic E-state index is 0.0776. The van der Waals surface area contributed by atoms with Crippen molar-refractivity contribution in [2.45, 2.75) is 63.1 Å². The number of halogens is 2. The maximum atomic E-state index is 15.1. The molecule has 41 heavy (non-hydrogen) atoms. The highest BCUT2D eigenvalue weighted by Crippen LogP contribution is 2.46. The minimum Gasteiger partial charge on any atom is -0.480 e. The third-order valence-electron chi connectivity index (χ3n) is 7.06. The summed E-state index contributed by atoms with van der Waals surface area (Å²) in [7, 11) is -2.36.